The highest BCUT2D eigenvalue weighted by Crippen LogP contribution is 2.39. The number of H-pyrrole nitrogens is 1. The number of fused-ring (bicyclic) bond motifs is 1. The molecule has 1 atom stereocenters. The van der Waals surface area contributed by atoms with Crippen molar-refractivity contribution in [1.82, 2.24) is 15.5 Å². The number of benzene rings is 2. The molecule has 2 aromatic carbocycles. The molecule has 0 bridgehead atoms. The third-order valence-corrected chi connectivity index (χ3v) is 5.19. The van der Waals surface area contributed by atoms with Crippen LogP contribution in [0.25, 0.3) is 11.3 Å². The number of nitrogens with zero attached hydrogens (tertiary/aromatic N) is 1. The molecule has 7 nitrogen and oxygen atoms in total. The van der Waals surface area contributed by atoms with E-state index < -0.39 is 0 Å². The van der Waals surface area contributed by atoms with Crippen molar-refractivity contribution < 1.29 is 19.0 Å². The van der Waals surface area contributed by atoms with Crippen LogP contribution in [0.15, 0.2) is 48.5 Å². The molecule has 156 valence electrons. The van der Waals surface area contributed by atoms with E-state index in [1.54, 1.807) is 26.4 Å². The van der Waals surface area contributed by atoms with Gasteiger partial charge in [0.25, 0.3) is 5.91 Å². The number of methoxy groups -OCH3 is 2. The second-order valence-electron chi connectivity index (χ2n) is 7.86. The SMILES string of the molecule is COc1ccc(-c2cc(C(=O)N[C@H]3CC(C)(C)Oc4ccccc43)[nH]n2)c(OC)c1. The van der Waals surface area contributed by atoms with Gasteiger partial charge in [-0.25, -0.2) is 0 Å². The van der Waals surface area contributed by atoms with Gasteiger partial charge < -0.3 is 19.5 Å². The van der Waals surface area contributed by atoms with Crippen LogP contribution in [0.2, 0.25) is 0 Å². The number of ether oxygens (including phenoxy) is 3. The molecule has 0 saturated carbocycles. The lowest BCUT2D eigenvalue weighted by molar-refractivity contribution is 0.0618. The summed E-state index contributed by atoms with van der Waals surface area (Å²) >= 11 is 0. The minimum absolute atomic E-state index is 0.153. The maximum Gasteiger partial charge on any atom is 0.269 e. The topological polar surface area (TPSA) is 85.5 Å². The molecule has 1 aromatic heterocycles. The van der Waals surface area contributed by atoms with Crippen LogP contribution in [-0.2, 0) is 0 Å². The van der Waals surface area contributed by atoms with Gasteiger partial charge in [0.2, 0.25) is 0 Å². The summed E-state index contributed by atoms with van der Waals surface area (Å²) in [5.74, 6) is 1.88. The van der Waals surface area contributed by atoms with Crippen molar-refractivity contribution in [3.05, 3.63) is 59.8 Å². The van der Waals surface area contributed by atoms with Crippen LogP contribution in [-0.4, -0.2) is 35.9 Å². The quantitative estimate of drug-likeness (QED) is 0.664. The highest BCUT2D eigenvalue weighted by Gasteiger charge is 2.34. The average molecular weight is 407 g/mol. The van der Waals surface area contributed by atoms with E-state index >= 15 is 0 Å². The monoisotopic (exact) mass is 407 g/mol. The lowest BCUT2D eigenvalue weighted by Crippen LogP contribution is -2.41. The molecule has 1 aliphatic heterocycles. The largest absolute Gasteiger partial charge is 0.497 e. The standard InChI is InChI=1S/C23H25N3O4/c1-23(2)13-19(15-7-5-6-8-20(15)30-23)24-22(27)18-12-17(25-26-18)16-10-9-14(28-3)11-21(16)29-4/h5-12,19H,13H2,1-4H3,(H,24,27)(H,25,26)/t19-/m0/s1. The van der Waals surface area contributed by atoms with Crippen LogP contribution in [0.1, 0.15) is 42.4 Å². The summed E-state index contributed by atoms with van der Waals surface area (Å²) in [7, 11) is 3.18. The van der Waals surface area contributed by atoms with Gasteiger partial charge in [0.15, 0.2) is 0 Å². The van der Waals surface area contributed by atoms with Crippen molar-refractivity contribution in [2.24, 2.45) is 0 Å². The van der Waals surface area contributed by atoms with Crippen molar-refractivity contribution in [1.29, 1.82) is 0 Å². The van der Waals surface area contributed by atoms with Gasteiger partial charge in [-0.15, -0.1) is 0 Å². The third kappa shape index (κ3) is 3.83. The van der Waals surface area contributed by atoms with Crippen LogP contribution in [0, 0.1) is 0 Å². The molecular formula is C23H25N3O4. The number of hydrogen-bond acceptors (Lipinski definition) is 5. The Morgan fingerprint density at radius 2 is 1.97 bits per heavy atom. The van der Waals surface area contributed by atoms with E-state index in [4.69, 9.17) is 14.2 Å². The maximum atomic E-state index is 13.0. The van der Waals surface area contributed by atoms with Crippen molar-refractivity contribution >= 4 is 5.91 Å². The molecule has 3 aromatic rings. The Kier molecular flexibility index (Phi) is 5.11. The van der Waals surface area contributed by atoms with E-state index in [2.05, 4.69) is 15.5 Å². The molecule has 0 spiro atoms. The zero-order valence-corrected chi connectivity index (χ0v) is 17.5. The van der Waals surface area contributed by atoms with E-state index in [0.717, 1.165) is 16.9 Å². The summed E-state index contributed by atoms with van der Waals surface area (Å²) in [6.07, 6.45) is 0.670. The van der Waals surface area contributed by atoms with Gasteiger partial charge in [-0.2, -0.15) is 5.10 Å². The summed E-state index contributed by atoms with van der Waals surface area (Å²) in [6.45, 7) is 4.04. The number of para-hydroxylation sites is 1. The maximum absolute atomic E-state index is 13.0. The number of nitrogens with one attached hydrogen (secondary N) is 2. The molecule has 0 aliphatic carbocycles. The Hall–Kier alpha value is -3.48. The number of aromatic nitrogens is 2. The average Bonchev–Trinajstić information content (AvgIpc) is 3.22. The predicted molar refractivity (Wildman–Crippen MR) is 113 cm³/mol. The smallest absolute Gasteiger partial charge is 0.269 e. The van der Waals surface area contributed by atoms with Gasteiger partial charge in [-0.3, -0.25) is 9.89 Å². The van der Waals surface area contributed by atoms with Gasteiger partial charge in [-0.1, -0.05) is 18.2 Å². The second kappa shape index (κ2) is 7.74. The number of rotatable bonds is 5. The normalized spacial score (nSPS) is 16.9. The molecule has 4 rings (SSSR count). The first-order chi connectivity index (χ1) is 14.4. The first-order valence-electron chi connectivity index (χ1n) is 9.77. The summed E-state index contributed by atoms with van der Waals surface area (Å²) in [5, 5.41) is 10.3. The predicted octanol–water partition coefficient (Wildman–Crippen LogP) is 4.13. The summed E-state index contributed by atoms with van der Waals surface area (Å²) in [5.41, 5.74) is 2.37. The molecule has 0 radical (unpaired) electrons. The zero-order valence-electron chi connectivity index (χ0n) is 17.5. The number of carbonyl (C=O) groups is 1. The Morgan fingerprint density at radius 3 is 2.73 bits per heavy atom. The van der Waals surface area contributed by atoms with Gasteiger partial charge in [0.1, 0.15) is 28.5 Å². The fourth-order valence-electron chi connectivity index (χ4n) is 3.75. The molecule has 1 aliphatic rings. The molecule has 0 saturated heterocycles. The molecule has 2 heterocycles. The summed E-state index contributed by atoms with van der Waals surface area (Å²) in [4.78, 5) is 13.0. The summed E-state index contributed by atoms with van der Waals surface area (Å²) in [6, 6.07) is 14.8. The van der Waals surface area contributed by atoms with E-state index in [-0.39, 0.29) is 17.6 Å². The molecular weight excluding hydrogens is 382 g/mol. The summed E-state index contributed by atoms with van der Waals surface area (Å²) < 4.78 is 16.7. The molecule has 0 unspecified atom stereocenters. The first kappa shape index (κ1) is 19.8. The van der Waals surface area contributed by atoms with Crippen LogP contribution >= 0.6 is 0 Å². The highest BCUT2D eigenvalue weighted by molar-refractivity contribution is 5.94. The van der Waals surface area contributed by atoms with Gasteiger partial charge in [0.05, 0.1) is 26.0 Å². The Labute approximate surface area is 175 Å². The van der Waals surface area contributed by atoms with Crippen molar-refractivity contribution in [2.75, 3.05) is 14.2 Å². The van der Waals surface area contributed by atoms with E-state index in [1.165, 1.54) is 0 Å². The zero-order chi connectivity index (χ0) is 21.3. The highest BCUT2D eigenvalue weighted by atomic mass is 16.5. The van der Waals surface area contributed by atoms with Gasteiger partial charge in [0, 0.05) is 23.6 Å². The molecule has 2 N–H and O–H groups in total. The van der Waals surface area contributed by atoms with E-state index in [0.29, 0.717) is 29.3 Å². The fraction of sp³-hybridized carbons (Fsp3) is 0.304. The molecule has 7 heteroatoms. The Morgan fingerprint density at radius 1 is 1.17 bits per heavy atom. The fourth-order valence-corrected chi connectivity index (χ4v) is 3.75. The van der Waals surface area contributed by atoms with Crippen molar-refractivity contribution in [3.8, 4) is 28.5 Å². The van der Waals surface area contributed by atoms with Crippen LogP contribution in [0.3, 0.4) is 0 Å². The number of hydrogen-bond donors (Lipinski definition) is 2. The van der Waals surface area contributed by atoms with Gasteiger partial charge in [-0.05, 0) is 38.1 Å². The van der Waals surface area contributed by atoms with E-state index in [9.17, 15) is 4.79 Å². The Balaban J connectivity index is 1.57. The minimum Gasteiger partial charge on any atom is -0.497 e. The molecule has 1 amide bonds. The molecule has 30 heavy (non-hydrogen) atoms. The number of amides is 1. The third-order valence-electron chi connectivity index (χ3n) is 5.19. The minimum atomic E-state index is -0.373. The molecule has 0 fully saturated rings. The van der Waals surface area contributed by atoms with E-state index in [1.807, 2.05) is 50.2 Å². The Bertz CT molecular complexity index is 1070. The first-order valence-corrected chi connectivity index (χ1v) is 9.77. The number of carbonyl (C=O) groups excluding carboxylic acids is 1. The lowest BCUT2D eigenvalue weighted by Gasteiger charge is -2.37. The van der Waals surface area contributed by atoms with Gasteiger partial charge >= 0.3 is 0 Å². The van der Waals surface area contributed by atoms with Crippen LogP contribution < -0.4 is 19.5 Å². The second-order valence-corrected chi connectivity index (χ2v) is 7.86. The van der Waals surface area contributed by atoms with Crippen molar-refractivity contribution in [2.45, 2.75) is 31.9 Å². The van der Waals surface area contributed by atoms with Crippen LogP contribution in [0.4, 0.5) is 0 Å². The lowest BCUT2D eigenvalue weighted by atomic mass is 9.89. The van der Waals surface area contributed by atoms with Crippen LogP contribution in [0.5, 0.6) is 17.2 Å². The van der Waals surface area contributed by atoms with Crippen molar-refractivity contribution in [3.63, 3.8) is 0 Å². The number of aromatic amines is 1.